The second kappa shape index (κ2) is 3.88. The van der Waals surface area contributed by atoms with Gasteiger partial charge in [0.05, 0.1) is 10.7 Å². The van der Waals surface area contributed by atoms with E-state index in [0.29, 0.717) is 0 Å². The van der Waals surface area contributed by atoms with Crippen molar-refractivity contribution in [2.24, 2.45) is 5.73 Å². The first kappa shape index (κ1) is 8.74. The number of hydrogen-bond acceptors (Lipinski definition) is 2. The van der Waals surface area contributed by atoms with Gasteiger partial charge in [-0.1, -0.05) is 0 Å². The highest BCUT2D eigenvalue weighted by atomic mass is 79.9. The lowest BCUT2D eigenvalue weighted by molar-refractivity contribution is 0.571. The number of halogens is 1. The van der Waals surface area contributed by atoms with Crippen molar-refractivity contribution in [2.75, 3.05) is 6.54 Å². The van der Waals surface area contributed by atoms with Gasteiger partial charge in [0.25, 0.3) is 0 Å². The van der Waals surface area contributed by atoms with Gasteiger partial charge >= 0.3 is 0 Å². The molecular weight excluding hydrogens is 206 g/mol. The molecule has 1 aromatic heterocycles. The molecule has 0 aliphatic heterocycles. The van der Waals surface area contributed by atoms with E-state index in [0.717, 1.165) is 24.0 Å². The molecule has 0 aromatic carbocycles. The quantitative estimate of drug-likeness (QED) is 0.830. The highest BCUT2D eigenvalue weighted by Gasteiger charge is 2.01. The van der Waals surface area contributed by atoms with Gasteiger partial charge in [0.1, 0.15) is 0 Å². The fraction of sp³-hybridized carbons (Fsp3) is 0.571. The van der Waals surface area contributed by atoms with E-state index in [4.69, 9.17) is 5.73 Å². The Bertz CT molecular complexity index is 232. The molecule has 1 heterocycles. The van der Waals surface area contributed by atoms with Gasteiger partial charge in [0.2, 0.25) is 0 Å². The van der Waals surface area contributed by atoms with E-state index < -0.39 is 0 Å². The Balaban J connectivity index is 2.63. The summed E-state index contributed by atoms with van der Waals surface area (Å²) in [6.07, 6.45) is 2.79. The lowest BCUT2D eigenvalue weighted by Crippen LogP contribution is -2.07. The number of aryl methyl sites for hydroxylation is 1. The zero-order valence-electron chi connectivity index (χ0n) is 6.55. The Morgan fingerprint density at radius 2 is 2.45 bits per heavy atom. The van der Waals surface area contributed by atoms with E-state index in [1.807, 2.05) is 17.8 Å². The van der Waals surface area contributed by atoms with Crippen LogP contribution in [0.5, 0.6) is 0 Å². The first-order valence-electron chi connectivity index (χ1n) is 3.63. The van der Waals surface area contributed by atoms with Crippen molar-refractivity contribution in [1.82, 2.24) is 9.78 Å². The second-order valence-corrected chi connectivity index (χ2v) is 3.30. The topological polar surface area (TPSA) is 43.8 Å². The third-order valence-corrected chi connectivity index (χ3v) is 2.40. The maximum atomic E-state index is 5.38. The molecule has 0 radical (unpaired) electrons. The minimum atomic E-state index is 0.719. The minimum absolute atomic E-state index is 0.719. The normalized spacial score (nSPS) is 10.5. The lowest BCUT2D eigenvalue weighted by Gasteiger charge is -2.01. The van der Waals surface area contributed by atoms with E-state index in [1.54, 1.807) is 0 Å². The predicted molar refractivity (Wildman–Crippen MR) is 48.3 cm³/mol. The standard InChI is InChI=1S/C7H12BrN3/c1-6-7(8)5-10-11(6)4-2-3-9/h5H,2-4,9H2,1H3. The molecule has 3 nitrogen and oxygen atoms in total. The molecule has 11 heavy (non-hydrogen) atoms. The molecule has 0 spiro atoms. The van der Waals surface area contributed by atoms with Crippen LogP contribution in [0.2, 0.25) is 0 Å². The van der Waals surface area contributed by atoms with Crippen LogP contribution in [-0.2, 0) is 6.54 Å². The van der Waals surface area contributed by atoms with Crippen molar-refractivity contribution in [1.29, 1.82) is 0 Å². The van der Waals surface area contributed by atoms with Crippen LogP contribution in [0.15, 0.2) is 10.7 Å². The van der Waals surface area contributed by atoms with Crippen molar-refractivity contribution in [2.45, 2.75) is 19.9 Å². The molecule has 0 aliphatic rings. The monoisotopic (exact) mass is 217 g/mol. The van der Waals surface area contributed by atoms with Crippen molar-refractivity contribution >= 4 is 15.9 Å². The van der Waals surface area contributed by atoms with Gasteiger partial charge in [0.15, 0.2) is 0 Å². The van der Waals surface area contributed by atoms with Crippen LogP contribution in [0.25, 0.3) is 0 Å². The maximum Gasteiger partial charge on any atom is 0.0635 e. The van der Waals surface area contributed by atoms with E-state index in [2.05, 4.69) is 21.0 Å². The van der Waals surface area contributed by atoms with Crippen LogP contribution in [0, 0.1) is 6.92 Å². The second-order valence-electron chi connectivity index (χ2n) is 2.44. The third-order valence-electron chi connectivity index (χ3n) is 1.62. The SMILES string of the molecule is Cc1c(Br)cnn1CCCN. The van der Waals surface area contributed by atoms with Gasteiger partial charge in [-0.2, -0.15) is 5.10 Å². The summed E-state index contributed by atoms with van der Waals surface area (Å²) in [5.74, 6) is 0. The summed E-state index contributed by atoms with van der Waals surface area (Å²) < 4.78 is 3.02. The molecule has 2 N–H and O–H groups in total. The van der Waals surface area contributed by atoms with Crippen LogP contribution in [0.3, 0.4) is 0 Å². The first-order chi connectivity index (χ1) is 5.25. The average Bonchev–Trinajstić information content (AvgIpc) is 2.31. The molecule has 1 aromatic rings. The van der Waals surface area contributed by atoms with E-state index in [9.17, 15) is 0 Å². The Hall–Kier alpha value is -0.350. The number of nitrogens with zero attached hydrogens (tertiary/aromatic N) is 2. The lowest BCUT2D eigenvalue weighted by atomic mass is 10.4. The number of nitrogens with two attached hydrogens (primary N) is 1. The highest BCUT2D eigenvalue weighted by Crippen LogP contribution is 2.13. The van der Waals surface area contributed by atoms with Crippen molar-refractivity contribution in [3.63, 3.8) is 0 Å². The van der Waals surface area contributed by atoms with Crippen molar-refractivity contribution in [3.8, 4) is 0 Å². The molecule has 1 rings (SSSR count). The van der Waals surface area contributed by atoms with E-state index in [-0.39, 0.29) is 0 Å². The van der Waals surface area contributed by atoms with Gasteiger partial charge in [-0.3, -0.25) is 4.68 Å². The summed E-state index contributed by atoms with van der Waals surface area (Å²) in [4.78, 5) is 0. The summed E-state index contributed by atoms with van der Waals surface area (Å²) in [5, 5.41) is 4.17. The molecular formula is C7H12BrN3. The molecule has 0 saturated heterocycles. The van der Waals surface area contributed by atoms with Crippen LogP contribution < -0.4 is 5.73 Å². The van der Waals surface area contributed by atoms with Crippen LogP contribution in [0.1, 0.15) is 12.1 Å². The Morgan fingerprint density at radius 3 is 2.91 bits per heavy atom. The van der Waals surface area contributed by atoms with Crippen LogP contribution in [0.4, 0.5) is 0 Å². The molecule has 0 amide bonds. The van der Waals surface area contributed by atoms with E-state index >= 15 is 0 Å². The Labute approximate surface area is 74.7 Å². The van der Waals surface area contributed by atoms with Gasteiger partial charge in [-0.25, -0.2) is 0 Å². The van der Waals surface area contributed by atoms with Gasteiger partial charge in [0, 0.05) is 12.2 Å². The summed E-state index contributed by atoms with van der Waals surface area (Å²) in [7, 11) is 0. The van der Waals surface area contributed by atoms with Crippen molar-refractivity contribution in [3.05, 3.63) is 16.4 Å². The smallest absolute Gasteiger partial charge is 0.0635 e. The Kier molecular flexibility index (Phi) is 3.08. The average molecular weight is 218 g/mol. The molecule has 0 bridgehead atoms. The predicted octanol–water partition coefficient (Wildman–Crippen LogP) is 1.30. The zero-order valence-corrected chi connectivity index (χ0v) is 8.13. The van der Waals surface area contributed by atoms with Crippen LogP contribution >= 0.6 is 15.9 Å². The van der Waals surface area contributed by atoms with Gasteiger partial charge in [-0.05, 0) is 35.8 Å². The molecule has 0 atom stereocenters. The Morgan fingerprint density at radius 1 is 1.73 bits per heavy atom. The maximum absolute atomic E-state index is 5.38. The fourth-order valence-corrected chi connectivity index (χ4v) is 1.19. The minimum Gasteiger partial charge on any atom is -0.330 e. The molecule has 0 unspecified atom stereocenters. The number of aromatic nitrogens is 2. The van der Waals surface area contributed by atoms with Gasteiger partial charge in [-0.15, -0.1) is 0 Å². The fourth-order valence-electron chi connectivity index (χ4n) is 0.890. The zero-order chi connectivity index (χ0) is 8.27. The molecule has 0 saturated carbocycles. The first-order valence-corrected chi connectivity index (χ1v) is 4.43. The van der Waals surface area contributed by atoms with E-state index in [1.165, 1.54) is 5.69 Å². The number of hydrogen-bond donors (Lipinski definition) is 1. The third kappa shape index (κ3) is 2.04. The summed E-state index contributed by atoms with van der Waals surface area (Å²) in [6, 6.07) is 0. The summed E-state index contributed by atoms with van der Waals surface area (Å²) in [5.41, 5.74) is 6.55. The summed E-state index contributed by atoms with van der Waals surface area (Å²) >= 11 is 3.39. The van der Waals surface area contributed by atoms with Crippen molar-refractivity contribution < 1.29 is 0 Å². The molecule has 4 heteroatoms. The number of rotatable bonds is 3. The molecule has 62 valence electrons. The molecule has 0 fully saturated rings. The largest absolute Gasteiger partial charge is 0.330 e. The van der Waals surface area contributed by atoms with Crippen LogP contribution in [-0.4, -0.2) is 16.3 Å². The van der Waals surface area contributed by atoms with Gasteiger partial charge < -0.3 is 5.73 Å². The molecule has 0 aliphatic carbocycles. The summed E-state index contributed by atoms with van der Waals surface area (Å²) in [6.45, 7) is 3.67. The highest BCUT2D eigenvalue weighted by molar-refractivity contribution is 9.10.